The van der Waals surface area contributed by atoms with Crippen molar-refractivity contribution in [3.8, 4) is 23.7 Å². The Morgan fingerprint density at radius 3 is 2.10 bits per heavy atom. The summed E-state index contributed by atoms with van der Waals surface area (Å²) >= 11 is 1.40. The topological polar surface area (TPSA) is 12.9 Å². The number of hydrogen-bond donors (Lipinski definition) is 0. The van der Waals surface area contributed by atoms with Gasteiger partial charge in [0, 0.05) is 17.3 Å². The highest BCUT2D eigenvalue weighted by molar-refractivity contribution is 14.1. The fourth-order valence-corrected chi connectivity index (χ4v) is 3.24. The highest BCUT2D eigenvalue weighted by Crippen LogP contribution is 2.26. The summed E-state index contributed by atoms with van der Waals surface area (Å²) < 4.78 is 54.6. The Bertz CT molecular complexity index is 1240. The predicted octanol–water partition coefficient (Wildman–Crippen LogP) is 6.34. The monoisotopic (exact) mass is 533 g/mol. The highest BCUT2D eigenvalue weighted by atomic mass is 127. The number of benzene rings is 2. The summed E-state index contributed by atoms with van der Waals surface area (Å²) in [6.45, 7) is 6.14. The first-order chi connectivity index (χ1) is 14.6. The molecule has 0 saturated carbocycles. The number of halogens is 5. The van der Waals surface area contributed by atoms with Crippen molar-refractivity contribution < 1.29 is 17.6 Å². The minimum absolute atomic E-state index is 0.155. The second-order valence-electron chi connectivity index (χ2n) is 7.67. The molecule has 1 aromatic heterocycles. The van der Waals surface area contributed by atoms with E-state index in [0.717, 1.165) is 5.56 Å². The molecular formula is C25H16F4IN. The number of aromatic nitrogens is 1. The van der Waals surface area contributed by atoms with E-state index in [-0.39, 0.29) is 5.41 Å². The van der Waals surface area contributed by atoms with Crippen molar-refractivity contribution >= 4 is 22.6 Å². The number of rotatable bonds is 0. The zero-order chi connectivity index (χ0) is 22.8. The lowest BCUT2D eigenvalue weighted by atomic mass is 9.85. The second kappa shape index (κ2) is 9.11. The van der Waals surface area contributed by atoms with Crippen LogP contribution in [0.25, 0.3) is 0 Å². The average molecular weight is 533 g/mol. The van der Waals surface area contributed by atoms with E-state index in [4.69, 9.17) is 0 Å². The Kier molecular flexibility index (Phi) is 6.71. The first-order valence-electron chi connectivity index (χ1n) is 9.20. The van der Waals surface area contributed by atoms with E-state index < -0.39 is 32.4 Å². The van der Waals surface area contributed by atoms with Gasteiger partial charge >= 0.3 is 0 Å². The third kappa shape index (κ3) is 5.08. The van der Waals surface area contributed by atoms with E-state index in [1.165, 1.54) is 22.6 Å². The van der Waals surface area contributed by atoms with Gasteiger partial charge in [-0.25, -0.2) is 22.5 Å². The SMILES string of the molecule is CC(C)(C)c1ccc(C#Cc2c(F)c(F)c(F)c(F)c2I)c(C#Cc2ccccn2)c1. The van der Waals surface area contributed by atoms with Crippen molar-refractivity contribution in [2.75, 3.05) is 0 Å². The molecule has 156 valence electrons. The van der Waals surface area contributed by atoms with Gasteiger partial charge in [-0.05, 0) is 63.8 Å². The molecule has 0 spiro atoms. The second-order valence-corrected chi connectivity index (χ2v) is 8.75. The highest BCUT2D eigenvalue weighted by Gasteiger charge is 2.23. The number of pyridine rings is 1. The van der Waals surface area contributed by atoms with Crippen molar-refractivity contribution in [1.82, 2.24) is 4.98 Å². The molecule has 0 aliphatic carbocycles. The normalized spacial score (nSPS) is 10.7. The van der Waals surface area contributed by atoms with Gasteiger partial charge in [0.25, 0.3) is 0 Å². The molecule has 0 bridgehead atoms. The van der Waals surface area contributed by atoms with E-state index in [0.29, 0.717) is 16.8 Å². The van der Waals surface area contributed by atoms with Crippen LogP contribution in [-0.4, -0.2) is 4.98 Å². The van der Waals surface area contributed by atoms with Crippen LogP contribution in [0.5, 0.6) is 0 Å². The van der Waals surface area contributed by atoms with Crippen LogP contribution < -0.4 is 0 Å². The van der Waals surface area contributed by atoms with Crippen LogP contribution in [0.3, 0.4) is 0 Å². The van der Waals surface area contributed by atoms with Crippen LogP contribution in [0.15, 0.2) is 42.6 Å². The quantitative estimate of drug-likeness (QED) is 0.108. The molecule has 0 aliphatic heterocycles. The maximum absolute atomic E-state index is 14.2. The average Bonchev–Trinajstić information content (AvgIpc) is 2.75. The maximum Gasteiger partial charge on any atom is 0.198 e. The van der Waals surface area contributed by atoms with Gasteiger partial charge in [-0.2, -0.15) is 0 Å². The summed E-state index contributed by atoms with van der Waals surface area (Å²) in [6, 6.07) is 10.8. The molecule has 0 fully saturated rings. The largest absolute Gasteiger partial charge is 0.248 e. The van der Waals surface area contributed by atoms with Gasteiger partial charge in [-0.1, -0.05) is 50.7 Å². The van der Waals surface area contributed by atoms with Gasteiger partial charge in [0.2, 0.25) is 0 Å². The summed E-state index contributed by atoms with van der Waals surface area (Å²) in [5.41, 5.74) is 1.87. The minimum Gasteiger partial charge on any atom is -0.248 e. The van der Waals surface area contributed by atoms with Crippen molar-refractivity contribution in [3.63, 3.8) is 0 Å². The Morgan fingerprint density at radius 1 is 0.774 bits per heavy atom. The van der Waals surface area contributed by atoms with Crippen LogP contribution in [0, 0.1) is 50.5 Å². The lowest BCUT2D eigenvalue weighted by Crippen LogP contribution is -2.11. The van der Waals surface area contributed by atoms with E-state index in [1.807, 2.05) is 39.0 Å². The molecule has 6 heteroatoms. The lowest BCUT2D eigenvalue weighted by Gasteiger charge is -2.19. The summed E-state index contributed by atoms with van der Waals surface area (Å²) in [7, 11) is 0. The molecule has 0 radical (unpaired) electrons. The Morgan fingerprint density at radius 2 is 1.45 bits per heavy atom. The van der Waals surface area contributed by atoms with Crippen molar-refractivity contribution in [2.45, 2.75) is 26.2 Å². The minimum atomic E-state index is -1.89. The first kappa shape index (κ1) is 22.8. The first-order valence-corrected chi connectivity index (χ1v) is 10.3. The standard InChI is InChI=1S/C25H16F4IN/c1-25(2,3)17-10-7-15(16(14-17)8-11-18-6-4-5-13-31-18)9-12-19-20(26)21(27)22(28)23(29)24(19)30/h4-7,10,13-14H,1-3H3. The van der Waals surface area contributed by atoms with Crippen molar-refractivity contribution in [1.29, 1.82) is 0 Å². The molecule has 0 amide bonds. The zero-order valence-corrected chi connectivity index (χ0v) is 19.0. The van der Waals surface area contributed by atoms with E-state index in [9.17, 15) is 17.6 Å². The molecule has 1 heterocycles. The molecule has 0 unspecified atom stereocenters. The molecule has 0 N–H and O–H groups in total. The van der Waals surface area contributed by atoms with E-state index in [2.05, 4.69) is 28.7 Å². The van der Waals surface area contributed by atoms with Gasteiger partial charge in [0.05, 0.1) is 9.13 Å². The Labute approximate surface area is 192 Å². The number of nitrogens with zero attached hydrogens (tertiary/aromatic N) is 1. The Hall–Kier alpha value is -2.84. The van der Waals surface area contributed by atoms with Gasteiger partial charge < -0.3 is 0 Å². The molecule has 0 atom stereocenters. The van der Waals surface area contributed by atoms with Crippen LogP contribution in [-0.2, 0) is 5.41 Å². The maximum atomic E-state index is 14.2. The molecule has 3 rings (SSSR count). The molecule has 0 saturated heterocycles. The van der Waals surface area contributed by atoms with Gasteiger partial charge in [0.15, 0.2) is 23.3 Å². The Balaban J connectivity index is 2.15. The predicted molar refractivity (Wildman–Crippen MR) is 120 cm³/mol. The molecule has 3 aromatic rings. The number of hydrogen-bond acceptors (Lipinski definition) is 1. The fraction of sp³-hybridized carbons (Fsp3) is 0.160. The zero-order valence-electron chi connectivity index (χ0n) is 16.9. The van der Waals surface area contributed by atoms with Crippen LogP contribution in [0.2, 0.25) is 0 Å². The van der Waals surface area contributed by atoms with Crippen molar-refractivity contribution in [3.05, 3.63) is 97.4 Å². The van der Waals surface area contributed by atoms with Gasteiger partial charge in [-0.3, -0.25) is 0 Å². The summed E-state index contributed by atoms with van der Waals surface area (Å²) in [6.07, 6.45) is 1.62. The van der Waals surface area contributed by atoms with Crippen LogP contribution >= 0.6 is 22.6 Å². The fourth-order valence-electron chi connectivity index (χ4n) is 2.64. The van der Waals surface area contributed by atoms with Gasteiger partial charge in [0.1, 0.15) is 5.69 Å². The van der Waals surface area contributed by atoms with Crippen LogP contribution in [0.4, 0.5) is 17.6 Å². The van der Waals surface area contributed by atoms with E-state index in [1.54, 1.807) is 24.4 Å². The van der Waals surface area contributed by atoms with Gasteiger partial charge in [-0.15, -0.1) is 0 Å². The molecular weight excluding hydrogens is 517 g/mol. The molecule has 31 heavy (non-hydrogen) atoms. The third-order valence-corrected chi connectivity index (χ3v) is 5.42. The lowest BCUT2D eigenvalue weighted by molar-refractivity contribution is 0.404. The third-order valence-electron chi connectivity index (χ3n) is 4.41. The van der Waals surface area contributed by atoms with Crippen LogP contribution in [0.1, 0.15) is 48.7 Å². The summed E-state index contributed by atoms with van der Waals surface area (Å²) in [5, 5.41) is 0. The van der Waals surface area contributed by atoms with Crippen molar-refractivity contribution in [2.24, 2.45) is 0 Å². The summed E-state index contributed by atoms with van der Waals surface area (Å²) in [4.78, 5) is 4.16. The van der Waals surface area contributed by atoms with E-state index >= 15 is 0 Å². The molecule has 1 nitrogen and oxygen atoms in total. The summed E-state index contributed by atoms with van der Waals surface area (Å²) in [5.74, 6) is 4.40. The molecule has 0 aliphatic rings. The molecule has 2 aromatic carbocycles. The smallest absolute Gasteiger partial charge is 0.198 e.